The molecule has 0 saturated carbocycles. The molecule has 0 spiro atoms. The van der Waals surface area contributed by atoms with Crippen LogP contribution in [0.4, 0.5) is 11.5 Å². The van der Waals surface area contributed by atoms with Crippen molar-refractivity contribution in [3.8, 4) is 0 Å². The summed E-state index contributed by atoms with van der Waals surface area (Å²) in [6, 6.07) is 2.11. The van der Waals surface area contributed by atoms with Gasteiger partial charge in [-0.15, -0.1) is 0 Å². The number of rotatable bonds is 4. The van der Waals surface area contributed by atoms with E-state index >= 15 is 0 Å². The Balaban J connectivity index is 1.51. The lowest BCUT2D eigenvalue weighted by Crippen LogP contribution is -2.37. The minimum atomic E-state index is -0.0408. The number of nitrogens with zero attached hydrogens (tertiary/aromatic N) is 4. The number of H-pyrrole nitrogens is 2. The molecule has 4 heterocycles. The van der Waals surface area contributed by atoms with Gasteiger partial charge >= 0.3 is 0 Å². The Labute approximate surface area is 166 Å². The monoisotopic (exact) mass is 390 g/mol. The standard InChI is InChI=1S/C20H22N8O/c1-10(2)25-20(29)11-3-4-15-14(6-11)16-18(22-9-23-19(16)27-15)26-13-5-12-7-24-28-17(12)21-8-13/h5,7-11H,3-4,6H2,1-2H3,(H,25,29)(H,21,24,28)(H2,22,23,26,27). The van der Waals surface area contributed by atoms with Crippen LogP contribution in [-0.2, 0) is 17.6 Å². The molecule has 148 valence electrons. The van der Waals surface area contributed by atoms with Gasteiger partial charge in [0.2, 0.25) is 5.91 Å². The molecule has 0 fully saturated rings. The molecule has 0 radical (unpaired) electrons. The molecule has 4 N–H and O–H groups in total. The van der Waals surface area contributed by atoms with Crippen LogP contribution in [0.1, 0.15) is 31.5 Å². The molecule has 1 amide bonds. The molecule has 0 bridgehead atoms. The first kappa shape index (κ1) is 17.6. The highest BCUT2D eigenvalue weighted by Crippen LogP contribution is 2.35. The van der Waals surface area contributed by atoms with Crippen LogP contribution in [0.25, 0.3) is 22.1 Å². The summed E-state index contributed by atoms with van der Waals surface area (Å²) >= 11 is 0. The van der Waals surface area contributed by atoms with Crippen LogP contribution in [0.15, 0.2) is 24.8 Å². The fourth-order valence-corrected chi connectivity index (χ4v) is 4.00. The molecule has 4 aromatic rings. The lowest BCUT2D eigenvalue weighted by molar-refractivity contribution is -0.125. The van der Waals surface area contributed by atoms with E-state index in [9.17, 15) is 4.79 Å². The van der Waals surface area contributed by atoms with Crippen molar-refractivity contribution in [2.75, 3.05) is 5.32 Å². The number of pyridine rings is 1. The predicted octanol–water partition coefficient (Wildman–Crippen LogP) is 2.60. The number of nitrogens with one attached hydrogen (secondary N) is 4. The topological polar surface area (TPSA) is 124 Å². The van der Waals surface area contributed by atoms with Gasteiger partial charge in [0.05, 0.1) is 23.5 Å². The summed E-state index contributed by atoms with van der Waals surface area (Å²) in [6.07, 6.45) is 7.35. The first-order valence-corrected chi connectivity index (χ1v) is 9.79. The molecular formula is C20H22N8O. The summed E-state index contributed by atoms with van der Waals surface area (Å²) < 4.78 is 0. The third kappa shape index (κ3) is 3.18. The molecule has 1 aliphatic rings. The van der Waals surface area contributed by atoms with Crippen molar-refractivity contribution in [2.24, 2.45) is 5.92 Å². The fraction of sp³-hybridized carbons (Fsp3) is 0.350. The van der Waals surface area contributed by atoms with Crippen molar-refractivity contribution in [1.82, 2.24) is 35.5 Å². The normalized spacial score (nSPS) is 16.3. The van der Waals surface area contributed by atoms with Gasteiger partial charge < -0.3 is 15.6 Å². The van der Waals surface area contributed by atoms with Gasteiger partial charge in [0.15, 0.2) is 5.65 Å². The minimum Gasteiger partial charge on any atom is -0.354 e. The van der Waals surface area contributed by atoms with Gasteiger partial charge in [0.1, 0.15) is 17.8 Å². The van der Waals surface area contributed by atoms with Gasteiger partial charge in [-0.2, -0.15) is 5.10 Å². The Bertz CT molecular complexity index is 1210. The second kappa shape index (κ2) is 6.84. The lowest BCUT2D eigenvalue weighted by atomic mass is 9.86. The number of aryl methyl sites for hydroxylation is 1. The van der Waals surface area contributed by atoms with Crippen LogP contribution in [-0.4, -0.2) is 42.1 Å². The predicted molar refractivity (Wildman–Crippen MR) is 110 cm³/mol. The summed E-state index contributed by atoms with van der Waals surface area (Å²) in [5.74, 6) is 0.781. The minimum absolute atomic E-state index is 0.0408. The third-order valence-electron chi connectivity index (χ3n) is 5.33. The molecule has 1 unspecified atom stereocenters. The molecule has 9 nitrogen and oxygen atoms in total. The van der Waals surface area contributed by atoms with Gasteiger partial charge in [-0.25, -0.2) is 15.0 Å². The first-order chi connectivity index (χ1) is 14.1. The Morgan fingerprint density at radius 2 is 2.10 bits per heavy atom. The molecule has 0 aromatic carbocycles. The number of anilines is 2. The zero-order valence-corrected chi connectivity index (χ0v) is 16.3. The van der Waals surface area contributed by atoms with E-state index in [-0.39, 0.29) is 17.9 Å². The Morgan fingerprint density at radius 3 is 2.97 bits per heavy atom. The van der Waals surface area contributed by atoms with Gasteiger partial charge in [-0.3, -0.25) is 9.89 Å². The van der Waals surface area contributed by atoms with Gasteiger partial charge in [0.25, 0.3) is 0 Å². The van der Waals surface area contributed by atoms with Crippen LogP contribution >= 0.6 is 0 Å². The van der Waals surface area contributed by atoms with Crippen molar-refractivity contribution < 1.29 is 4.79 Å². The van der Waals surface area contributed by atoms with Crippen molar-refractivity contribution in [3.05, 3.63) is 36.0 Å². The van der Waals surface area contributed by atoms with E-state index in [0.717, 1.165) is 51.9 Å². The Morgan fingerprint density at radius 1 is 1.21 bits per heavy atom. The quantitative estimate of drug-likeness (QED) is 0.425. The fourth-order valence-electron chi connectivity index (χ4n) is 4.00. The number of hydrogen-bond donors (Lipinski definition) is 4. The molecule has 5 rings (SSSR count). The zero-order valence-electron chi connectivity index (χ0n) is 16.3. The molecule has 1 atom stereocenters. The summed E-state index contributed by atoms with van der Waals surface area (Å²) in [7, 11) is 0. The molecule has 29 heavy (non-hydrogen) atoms. The molecular weight excluding hydrogens is 368 g/mol. The number of fused-ring (bicyclic) bond motifs is 4. The van der Waals surface area contributed by atoms with E-state index in [0.29, 0.717) is 12.2 Å². The number of amides is 1. The largest absolute Gasteiger partial charge is 0.354 e. The van der Waals surface area contributed by atoms with Gasteiger partial charge in [0, 0.05) is 23.0 Å². The smallest absolute Gasteiger partial charge is 0.223 e. The molecule has 1 aliphatic carbocycles. The van der Waals surface area contributed by atoms with Crippen molar-refractivity contribution >= 4 is 39.5 Å². The number of carbonyl (C=O) groups is 1. The average Bonchev–Trinajstić information content (AvgIpc) is 3.31. The second-order valence-electron chi connectivity index (χ2n) is 7.79. The summed E-state index contributed by atoms with van der Waals surface area (Å²) in [5, 5.41) is 15.1. The molecule has 4 aromatic heterocycles. The van der Waals surface area contributed by atoms with Crippen LogP contribution in [0.2, 0.25) is 0 Å². The third-order valence-corrected chi connectivity index (χ3v) is 5.33. The SMILES string of the molecule is CC(C)NC(=O)C1CCc2[nH]c3ncnc(Nc4cnc5[nH]ncc5c4)c3c2C1. The zero-order chi connectivity index (χ0) is 20.0. The van der Waals surface area contributed by atoms with Gasteiger partial charge in [-0.05, 0) is 44.7 Å². The maximum atomic E-state index is 12.6. The lowest BCUT2D eigenvalue weighted by Gasteiger charge is -2.23. The molecule has 0 saturated heterocycles. The number of aromatic amines is 2. The van der Waals surface area contributed by atoms with Crippen LogP contribution in [0, 0.1) is 5.92 Å². The maximum absolute atomic E-state index is 12.6. The molecule has 9 heteroatoms. The summed E-state index contributed by atoms with van der Waals surface area (Å²) in [6.45, 7) is 3.97. The van der Waals surface area contributed by atoms with Crippen LogP contribution in [0.5, 0.6) is 0 Å². The summed E-state index contributed by atoms with van der Waals surface area (Å²) in [4.78, 5) is 29.2. The number of carbonyl (C=O) groups excluding carboxylic acids is 1. The van der Waals surface area contributed by atoms with E-state index in [1.54, 1.807) is 18.7 Å². The average molecular weight is 390 g/mol. The second-order valence-corrected chi connectivity index (χ2v) is 7.79. The Kier molecular flexibility index (Phi) is 4.15. The number of aromatic nitrogens is 6. The van der Waals surface area contributed by atoms with Crippen molar-refractivity contribution in [2.45, 2.75) is 39.2 Å². The van der Waals surface area contributed by atoms with Crippen LogP contribution < -0.4 is 10.6 Å². The van der Waals surface area contributed by atoms with Gasteiger partial charge in [-0.1, -0.05) is 0 Å². The highest BCUT2D eigenvalue weighted by Gasteiger charge is 2.29. The van der Waals surface area contributed by atoms with Crippen LogP contribution in [0.3, 0.4) is 0 Å². The van der Waals surface area contributed by atoms with E-state index < -0.39 is 0 Å². The van der Waals surface area contributed by atoms with E-state index in [1.165, 1.54) is 0 Å². The molecule has 0 aliphatic heterocycles. The van der Waals surface area contributed by atoms with Crippen molar-refractivity contribution in [3.63, 3.8) is 0 Å². The van der Waals surface area contributed by atoms with Crippen molar-refractivity contribution in [1.29, 1.82) is 0 Å². The highest BCUT2D eigenvalue weighted by atomic mass is 16.1. The Hall–Kier alpha value is -3.49. The van der Waals surface area contributed by atoms with E-state index in [4.69, 9.17) is 0 Å². The number of hydrogen-bond acceptors (Lipinski definition) is 6. The van der Waals surface area contributed by atoms with E-state index in [1.807, 2.05) is 19.9 Å². The summed E-state index contributed by atoms with van der Waals surface area (Å²) in [5.41, 5.74) is 4.60. The first-order valence-electron chi connectivity index (χ1n) is 9.79. The van der Waals surface area contributed by atoms with E-state index in [2.05, 4.69) is 40.8 Å². The highest BCUT2D eigenvalue weighted by molar-refractivity contribution is 5.94. The maximum Gasteiger partial charge on any atom is 0.223 e.